The van der Waals surface area contributed by atoms with Gasteiger partial charge in [0.2, 0.25) is 0 Å². The molecular weight excluding hydrogens is 307 g/mol. The molecule has 0 atom stereocenters. The van der Waals surface area contributed by atoms with Crippen LogP contribution in [0.25, 0.3) is 21.8 Å². The number of halogens is 2. The molecule has 2 N–H and O–H groups in total. The number of benzene rings is 2. The number of rotatable bonds is 3. The van der Waals surface area contributed by atoms with Crippen LogP contribution in [0.1, 0.15) is 4.88 Å². The van der Waals surface area contributed by atoms with Crippen molar-refractivity contribution in [3.63, 3.8) is 0 Å². The quantitative estimate of drug-likeness (QED) is 0.758. The summed E-state index contributed by atoms with van der Waals surface area (Å²) in [4.78, 5) is 5.63. The molecule has 0 amide bonds. The molecule has 0 saturated carbocycles. The largest absolute Gasteiger partial charge is 0.326 e. The van der Waals surface area contributed by atoms with Crippen molar-refractivity contribution in [3.05, 3.63) is 64.2 Å². The van der Waals surface area contributed by atoms with Crippen LogP contribution < -0.4 is 5.73 Å². The third kappa shape index (κ3) is 2.83. The molecule has 0 radical (unpaired) electrons. The fourth-order valence-electron chi connectivity index (χ4n) is 2.09. The van der Waals surface area contributed by atoms with Gasteiger partial charge in [-0.1, -0.05) is 41.9 Å². The van der Waals surface area contributed by atoms with Crippen molar-refractivity contribution in [3.8, 4) is 21.8 Å². The number of aromatic nitrogens is 1. The maximum Gasteiger partial charge on any atom is 0.125 e. The lowest BCUT2D eigenvalue weighted by molar-refractivity contribution is 0.628. The van der Waals surface area contributed by atoms with Crippen molar-refractivity contribution in [2.45, 2.75) is 6.54 Å². The van der Waals surface area contributed by atoms with E-state index in [1.807, 2.05) is 30.3 Å². The Labute approximate surface area is 131 Å². The van der Waals surface area contributed by atoms with E-state index in [2.05, 4.69) is 4.98 Å². The topological polar surface area (TPSA) is 38.9 Å². The molecule has 3 rings (SSSR count). The maximum absolute atomic E-state index is 13.2. The number of hydrogen-bond donors (Lipinski definition) is 1. The standard InChI is InChI=1S/C16H12ClFN2S/c17-13-8-11(18)6-7-12(13)16-20-15(14(9-19)21-16)10-4-2-1-3-5-10/h1-8H,9,19H2. The Morgan fingerprint density at radius 2 is 1.90 bits per heavy atom. The number of nitrogens with zero attached hydrogens (tertiary/aromatic N) is 1. The lowest BCUT2D eigenvalue weighted by Gasteiger charge is -2.00. The Kier molecular flexibility index (Phi) is 4.01. The van der Waals surface area contributed by atoms with Crippen molar-refractivity contribution in [2.75, 3.05) is 0 Å². The minimum absolute atomic E-state index is 0.354. The van der Waals surface area contributed by atoms with Crippen LogP contribution in [0.15, 0.2) is 48.5 Å². The molecule has 5 heteroatoms. The van der Waals surface area contributed by atoms with Crippen LogP contribution in [0.2, 0.25) is 5.02 Å². The summed E-state index contributed by atoms with van der Waals surface area (Å²) in [5.74, 6) is -0.359. The number of nitrogens with two attached hydrogens (primary N) is 1. The first-order chi connectivity index (χ1) is 10.2. The summed E-state index contributed by atoms with van der Waals surface area (Å²) in [5, 5.41) is 1.10. The van der Waals surface area contributed by atoms with Gasteiger partial charge in [0.25, 0.3) is 0 Å². The van der Waals surface area contributed by atoms with E-state index in [0.29, 0.717) is 11.6 Å². The van der Waals surface area contributed by atoms with Crippen LogP contribution in [0, 0.1) is 5.82 Å². The Hall–Kier alpha value is -1.75. The molecule has 2 nitrogen and oxygen atoms in total. The highest BCUT2D eigenvalue weighted by molar-refractivity contribution is 7.15. The van der Waals surface area contributed by atoms with Gasteiger partial charge in [0, 0.05) is 22.5 Å². The zero-order valence-electron chi connectivity index (χ0n) is 11.0. The van der Waals surface area contributed by atoms with Gasteiger partial charge in [-0.2, -0.15) is 0 Å². The highest BCUT2D eigenvalue weighted by atomic mass is 35.5. The average molecular weight is 319 g/mol. The summed E-state index contributed by atoms with van der Waals surface area (Å²) in [6.07, 6.45) is 0. The van der Waals surface area contributed by atoms with Gasteiger partial charge < -0.3 is 5.73 Å². The van der Waals surface area contributed by atoms with Gasteiger partial charge in [0.1, 0.15) is 10.8 Å². The van der Waals surface area contributed by atoms with E-state index in [1.165, 1.54) is 23.5 Å². The minimum atomic E-state index is -0.359. The second-order valence-corrected chi connectivity index (χ2v) is 5.98. The van der Waals surface area contributed by atoms with E-state index in [0.717, 1.165) is 26.7 Å². The van der Waals surface area contributed by atoms with Gasteiger partial charge in [-0.25, -0.2) is 9.37 Å². The smallest absolute Gasteiger partial charge is 0.125 e. The molecule has 21 heavy (non-hydrogen) atoms. The zero-order valence-corrected chi connectivity index (χ0v) is 12.6. The van der Waals surface area contributed by atoms with Gasteiger partial charge in [0.05, 0.1) is 10.7 Å². The zero-order chi connectivity index (χ0) is 14.8. The van der Waals surface area contributed by atoms with E-state index in [-0.39, 0.29) is 5.82 Å². The van der Waals surface area contributed by atoms with E-state index in [9.17, 15) is 4.39 Å². The third-order valence-electron chi connectivity index (χ3n) is 3.09. The van der Waals surface area contributed by atoms with Crippen LogP contribution in [0.4, 0.5) is 4.39 Å². The highest BCUT2D eigenvalue weighted by Gasteiger charge is 2.15. The molecule has 0 bridgehead atoms. The highest BCUT2D eigenvalue weighted by Crippen LogP contribution is 2.36. The van der Waals surface area contributed by atoms with E-state index < -0.39 is 0 Å². The molecule has 2 aromatic carbocycles. The predicted molar refractivity (Wildman–Crippen MR) is 85.8 cm³/mol. The summed E-state index contributed by atoms with van der Waals surface area (Å²) >= 11 is 7.59. The van der Waals surface area contributed by atoms with Crippen molar-refractivity contribution >= 4 is 22.9 Å². The average Bonchev–Trinajstić information content (AvgIpc) is 2.92. The van der Waals surface area contributed by atoms with Crippen molar-refractivity contribution in [1.82, 2.24) is 4.98 Å². The van der Waals surface area contributed by atoms with Gasteiger partial charge >= 0.3 is 0 Å². The van der Waals surface area contributed by atoms with Crippen molar-refractivity contribution < 1.29 is 4.39 Å². The Morgan fingerprint density at radius 1 is 1.14 bits per heavy atom. The van der Waals surface area contributed by atoms with Crippen LogP contribution in [0.5, 0.6) is 0 Å². The second kappa shape index (κ2) is 5.93. The molecule has 0 saturated heterocycles. The van der Waals surface area contributed by atoms with Gasteiger partial charge in [-0.05, 0) is 18.2 Å². The molecule has 1 aromatic heterocycles. The molecule has 0 aliphatic heterocycles. The van der Waals surface area contributed by atoms with Crippen LogP contribution in [-0.4, -0.2) is 4.98 Å². The molecule has 3 aromatic rings. The molecule has 0 fully saturated rings. The van der Waals surface area contributed by atoms with Gasteiger partial charge in [0.15, 0.2) is 0 Å². The van der Waals surface area contributed by atoms with Crippen LogP contribution >= 0.6 is 22.9 Å². The first-order valence-electron chi connectivity index (χ1n) is 6.39. The Morgan fingerprint density at radius 3 is 2.57 bits per heavy atom. The monoisotopic (exact) mass is 318 g/mol. The first kappa shape index (κ1) is 14.2. The third-order valence-corrected chi connectivity index (χ3v) is 4.52. The molecule has 106 valence electrons. The number of thiazole rings is 1. The maximum atomic E-state index is 13.2. The second-order valence-electron chi connectivity index (χ2n) is 4.49. The summed E-state index contributed by atoms with van der Waals surface area (Å²) in [6.45, 7) is 0.403. The van der Waals surface area contributed by atoms with Crippen molar-refractivity contribution in [2.24, 2.45) is 5.73 Å². The predicted octanol–water partition coefficient (Wildman–Crippen LogP) is 4.73. The molecule has 0 spiro atoms. The van der Waals surface area contributed by atoms with Crippen molar-refractivity contribution in [1.29, 1.82) is 0 Å². The summed E-state index contributed by atoms with van der Waals surface area (Å²) < 4.78 is 13.2. The van der Waals surface area contributed by atoms with Gasteiger partial charge in [-0.3, -0.25) is 0 Å². The molecule has 0 aliphatic rings. The Balaban J connectivity index is 2.12. The van der Waals surface area contributed by atoms with E-state index in [4.69, 9.17) is 17.3 Å². The first-order valence-corrected chi connectivity index (χ1v) is 7.59. The van der Waals surface area contributed by atoms with E-state index in [1.54, 1.807) is 6.07 Å². The lowest BCUT2D eigenvalue weighted by atomic mass is 10.1. The molecular formula is C16H12ClFN2S. The summed E-state index contributed by atoms with van der Waals surface area (Å²) in [7, 11) is 0. The SMILES string of the molecule is NCc1sc(-c2ccc(F)cc2Cl)nc1-c1ccccc1. The van der Waals surface area contributed by atoms with Crippen LogP contribution in [0.3, 0.4) is 0 Å². The minimum Gasteiger partial charge on any atom is -0.326 e. The Bertz CT molecular complexity index is 771. The molecule has 0 aliphatic carbocycles. The molecule has 1 heterocycles. The normalized spacial score (nSPS) is 10.8. The van der Waals surface area contributed by atoms with Gasteiger partial charge in [-0.15, -0.1) is 11.3 Å². The fourth-order valence-corrected chi connectivity index (χ4v) is 3.40. The lowest BCUT2D eigenvalue weighted by Crippen LogP contribution is -1.95. The molecule has 0 unspecified atom stereocenters. The fraction of sp³-hybridized carbons (Fsp3) is 0.0625. The number of hydrogen-bond acceptors (Lipinski definition) is 3. The van der Waals surface area contributed by atoms with Crippen LogP contribution in [-0.2, 0) is 6.54 Å². The van der Waals surface area contributed by atoms with E-state index >= 15 is 0 Å². The summed E-state index contributed by atoms with van der Waals surface area (Å²) in [5.41, 5.74) is 8.41. The summed E-state index contributed by atoms with van der Waals surface area (Å²) in [6, 6.07) is 14.2.